The van der Waals surface area contributed by atoms with Crippen LogP contribution in [-0.2, 0) is 6.42 Å². The topological polar surface area (TPSA) is 23.6 Å². The highest BCUT2D eigenvalue weighted by molar-refractivity contribution is 5.95. The van der Waals surface area contributed by atoms with Gasteiger partial charge in [-0.3, -0.25) is 4.79 Å². The molecule has 3 nitrogen and oxygen atoms in total. The normalized spacial score (nSPS) is 13.9. The quantitative estimate of drug-likeness (QED) is 0.690. The van der Waals surface area contributed by atoms with Crippen molar-refractivity contribution < 1.29 is 4.79 Å². The minimum absolute atomic E-state index is 0.0677. The molecule has 0 aromatic heterocycles. The first-order valence-electron chi connectivity index (χ1n) is 5.15. The van der Waals surface area contributed by atoms with Crippen LogP contribution in [0.15, 0.2) is 18.2 Å². The van der Waals surface area contributed by atoms with Gasteiger partial charge in [0, 0.05) is 38.9 Å². The second-order valence-corrected chi connectivity index (χ2v) is 4.21. The molecule has 1 aliphatic heterocycles. The van der Waals surface area contributed by atoms with E-state index in [4.69, 9.17) is 0 Å². The Hall–Kier alpha value is -1.51. The van der Waals surface area contributed by atoms with E-state index in [0.717, 1.165) is 18.5 Å². The van der Waals surface area contributed by atoms with E-state index >= 15 is 0 Å². The average molecular weight is 204 g/mol. The molecule has 0 saturated carbocycles. The Labute approximate surface area is 90.3 Å². The Kier molecular flexibility index (Phi) is 2.39. The second-order valence-electron chi connectivity index (χ2n) is 4.21. The summed E-state index contributed by atoms with van der Waals surface area (Å²) in [4.78, 5) is 15.6. The molecule has 2 rings (SSSR count). The Balaban J connectivity index is 2.37. The third-order valence-corrected chi connectivity index (χ3v) is 2.87. The summed E-state index contributed by atoms with van der Waals surface area (Å²) in [5.74, 6) is 0.0677. The highest BCUT2D eigenvalue weighted by Crippen LogP contribution is 2.27. The van der Waals surface area contributed by atoms with Gasteiger partial charge < -0.3 is 9.80 Å². The summed E-state index contributed by atoms with van der Waals surface area (Å²) in [6.07, 6.45) is 1.09. The number of carbonyl (C=O) groups excluding carboxylic acids is 1. The first-order chi connectivity index (χ1) is 7.09. The summed E-state index contributed by atoms with van der Waals surface area (Å²) in [6.45, 7) is 1.05. The number of anilines is 1. The number of hydrogen-bond acceptors (Lipinski definition) is 2. The Morgan fingerprint density at radius 3 is 2.80 bits per heavy atom. The van der Waals surface area contributed by atoms with E-state index in [2.05, 4.69) is 18.0 Å². The molecule has 15 heavy (non-hydrogen) atoms. The average Bonchev–Trinajstić information content (AvgIpc) is 2.59. The molecule has 1 amide bonds. The molecule has 1 aromatic rings. The van der Waals surface area contributed by atoms with Crippen LogP contribution >= 0.6 is 0 Å². The number of likely N-dealkylation sites (N-methyl/N-ethyl adjacent to an activating group) is 1. The van der Waals surface area contributed by atoms with Crippen molar-refractivity contribution in [2.45, 2.75) is 6.42 Å². The van der Waals surface area contributed by atoms with E-state index in [1.54, 1.807) is 19.0 Å². The molecule has 0 radical (unpaired) electrons. The smallest absolute Gasteiger partial charge is 0.253 e. The molecule has 1 aromatic carbocycles. The summed E-state index contributed by atoms with van der Waals surface area (Å²) in [7, 11) is 5.62. The van der Waals surface area contributed by atoms with Crippen molar-refractivity contribution in [1.82, 2.24) is 4.90 Å². The lowest BCUT2D eigenvalue weighted by Crippen LogP contribution is -2.22. The summed E-state index contributed by atoms with van der Waals surface area (Å²) in [5, 5.41) is 0. The second kappa shape index (κ2) is 3.57. The predicted octanol–water partition coefficient (Wildman–Crippen LogP) is 1.38. The Bertz CT molecular complexity index is 399. The van der Waals surface area contributed by atoms with E-state index in [9.17, 15) is 4.79 Å². The fraction of sp³-hybridized carbons (Fsp3) is 0.417. The molecule has 0 atom stereocenters. The van der Waals surface area contributed by atoms with E-state index in [1.165, 1.54) is 11.3 Å². The number of fused-ring (bicyclic) bond motifs is 1. The molecule has 0 spiro atoms. The van der Waals surface area contributed by atoms with Gasteiger partial charge in [0.25, 0.3) is 5.91 Å². The number of carbonyl (C=O) groups is 1. The van der Waals surface area contributed by atoms with Crippen LogP contribution in [0.1, 0.15) is 15.9 Å². The summed E-state index contributed by atoms with van der Waals surface area (Å²) in [6, 6.07) is 5.97. The number of benzene rings is 1. The maximum Gasteiger partial charge on any atom is 0.253 e. The maximum absolute atomic E-state index is 11.8. The molecular formula is C12H16N2O. The van der Waals surface area contributed by atoms with Crippen molar-refractivity contribution in [2.75, 3.05) is 32.6 Å². The molecule has 0 saturated heterocycles. The van der Waals surface area contributed by atoms with E-state index in [0.29, 0.717) is 0 Å². The summed E-state index contributed by atoms with van der Waals surface area (Å²) < 4.78 is 0. The molecule has 80 valence electrons. The monoisotopic (exact) mass is 204 g/mol. The van der Waals surface area contributed by atoms with Crippen LogP contribution in [0.4, 0.5) is 5.69 Å². The van der Waals surface area contributed by atoms with Crippen molar-refractivity contribution in [3.8, 4) is 0 Å². The fourth-order valence-corrected chi connectivity index (χ4v) is 1.93. The van der Waals surface area contributed by atoms with Gasteiger partial charge in [-0.05, 0) is 24.1 Å². The van der Waals surface area contributed by atoms with Gasteiger partial charge in [-0.15, -0.1) is 0 Å². The first-order valence-corrected chi connectivity index (χ1v) is 5.15. The highest BCUT2D eigenvalue weighted by Gasteiger charge is 2.18. The van der Waals surface area contributed by atoms with Crippen LogP contribution in [0.5, 0.6) is 0 Å². The molecule has 0 unspecified atom stereocenters. The SMILES string of the molecule is CN(C)C(=O)c1ccc2c(c1)N(C)CC2. The van der Waals surface area contributed by atoms with Gasteiger partial charge in [0.05, 0.1) is 0 Å². The number of amides is 1. The standard InChI is InChI=1S/C12H16N2O/c1-13(2)12(15)10-5-4-9-6-7-14(3)11(9)8-10/h4-5,8H,6-7H2,1-3H3. The molecular weight excluding hydrogens is 188 g/mol. The van der Waals surface area contributed by atoms with Gasteiger partial charge in [0.15, 0.2) is 0 Å². The molecule has 0 aliphatic carbocycles. The highest BCUT2D eigenvalue weighted by atomic mass is 16.2. The van der Waals surface area contributed by atoms with Crippen LogP contribution in [0, 0.1) is 0 Å². The van der Waals surface area contributed by atoms with Crippen molar-refractivity contribution in [2.24, 2.45) is 0 Å². The molecule has 0 N–H and O–H groups in total. The molecule has 0 fully saturated rings. The number of hydrogen-bond donors (Lipinski definition) is 0. The van der Waals surface area contributed by atoms with Crippen LogP contribution in [0.3, 0.4) is 0 Å². The lowest BCUT2D eigenvalue weighted by atomic mass is 10.1. The zero-order valence-electron chi connectivity index (χ0n) is 9.45. The van der Waals surface area contributed by atoms with Crippen LogP contribution in [0.25, 0.3) is 0 Å². The third kappa shape index (κ3) is 1.69. The number of rotatable bonds is 1. The first kappa shape index (κ1) is 10.0. The molecule has 1 aliphatic rings. The van der Waals surface area contributed by atoms with Crippen molar-refractivity contribution >= 4 is 11.6 Å². The molecule has 0 bridgehead atoms. The van der Waals surface area contributed by atoms with Gasteiger partial charge in [-0.2, -0.15) is 0 Å². The van der Waals surface area contributed by atoms with E-state index < -0.39 is 0 Å². The minimum atomic E-state index is 0.0677. The van der Waals surface area contributed by atoms with Gasteiger partial charge in [0.1, 0.15) is 0 Å². The Morgan fingerprint density at radius 1 is 1.40 bits per heavy atom. The van der Waals surface area contributed by atoms with Crippen LogP contribution < -0.4 is 4.90 Å². The minimum Gasteiger partial charge on any atom is -0.374 e. The third-order valence-electron chi connectivity index (χ3n) is 2.87. The summed E-state index contributed by atoms with van der Waals surface area (Å²) in [5.41, 5.74) is 3.31. The molecule has 1 heterocycles. The van der Waals surface area contributed by atoms with Gasteiger partial charge in [-0.25, -0.2) is 0 Å². The summed E-state index contributed by atoms with van der Waals surface area (Å²) >= 11 is 0. The zero-order chi connectivity index (χ0) is 11.0. The van der Waals surface area contributed by atoms with Gasteiger partial charge in [0.2, 0.25) is 0 Å². The fourth-order valence-electron chi connectivity index (χ4n) is 1.93. The largest absolute Gasteiger partial charge is 0.374 e. The lowest BCUT2D eigenvalue weighted by molar-refractivity contribution is 0.0827. The lowest BCUT2D eigenvalue weighted by Gasteiger charge is -2.15. The van der Waals surface area contributed by atoms with Gasteiger partial charge >= 0.3 is 0 Å². The van der Waals surface area contributed by atoms with Crippen molar-refractivity contribution in [1.29, 1.82) is 0 Å². The number of nitrogens with zero attached hydrogens (tertiary/aromatic N) is 2. The van der Waals surface area contributed by atoms with Crippen molar-refractivity contribution in [3.05, 3.63) is 29.3 Å². The Morgan fingerprint density at radius 2 is 2.13 bits per heavy atom. The maximum atomic E-state index is 11.8. The zero-order valence-corrected chi connectivity index (χ0v) is 9.45. The van der Waals surface area contributed by atoms with Crippen LogP contribution in [-0.4, -0.2) is 38.5 Å². The van der Waals surface area contributed by atoms with Crippen molar-refractivity contribution in [3.63, 3.8) is 0 Å². The van der Waals surface area contributed by atoms with Crippen LogP contribution in [0.2, 0.25) is 0 Å². The van der Waals surface area contributed by atoms with E-state index in [1.807, 2.05) is 12.1 Å². The molecule has 3 heteroatoms. The van der Waals surface area contributed by atoms with Gasteiger partial charge in [-0.1, -0.05) is 6.07 Å². The van der Waals surface area contributed by atoms with E-state index in [-0.39, 0.29) is 5.91 Å². The predicted molar refractivity (Wildman–Crippen MR) is 61.4 cm³/mol.